The fourth-order valence-corrected chi connectivity index (χ4v) is 5.70. The third-order valence-corrected chi connectivity index (χ3v) is 7.41. The number of benzene rings is 1. The summed E-state index contributed by atoms with van der Waals surface area (Å²) < 4.78 is 6.77. The number of aromatic nitrogens is 1. The van der Waals surface area contributed by atoms with Crippen molar-refractivity contribution in [3.05, 3.63) is 40.4 Å². The van der Waals surface area contributed by atoms with E-state index >= 15 is 0 Å². The number of hydrogen-bond acceptors (Lipinski definition) is 7. The Bertz CT molecular complexity index is 974. The number of Topliss-reactive ketones (excluding diaryl/α,β-unsaturated/α-hetero) is 1. The van der Waals surface area contributed by atoms with Gasteiger partial charge in [0.15, 0.2) is 15.8 Å². The lowest BCUT2D eigenvalue weighted by Crippen LogP contribution is -2.38. The number of likely N-dealkylation sites (tertiary alicyclic amines) is 1. The van der Waals surface area contributed by atoms with Crippen LogP contribution in [0.15, 0.2) is 27.9 Å². The lowest BCUT2D eigenvalue weighted by atomic mass is 9.90. The monoisotopic (exact) mass is 446 g/mol. The van der Waals surface area contributed by atoms with Crippen LogP contribution in [0.2, 0.25) is 0 Å². The van der Waals surface area contributed by atoms with Gasteiger partial charge in [-0.25, -0.2) is 9.78 Å². The molecule has 1 saturated heterocycles. The molecular weight excluding hydrogens is 424 g/mol. The van der Waals surface area contributed by atoms with Gasteiger partial charge in [-0.05, 0) is 25.3 Å². The van der Waals surface area contributed by atoms with Crippen LogP contribution in [-0.2, 0) is 11.2 Å². The van der Waals surface area contributed by atoms with Gasteiger partial charge in [0.2, 0.25) is 5.91 Å². The Hall–Kier alpha value is -2.39. The number of ketones is 1. The molecule has 1 aromatic carbocycles. The van der Waals surface area contributed by atoms with Crippen molar-refractivity contribution in [1.29, 1.82) is 0 Å². The van der Waals surface area contributed by atoms with Crippen molar-refractivity contribution in [2.75, 3.05) is 18.9 Å². The van der Waals surface area contributed by atoms with Crippen LogP contribution < -0.4 is 4.74 Å². The first kappa shape index (κ1) is 20.9. The van der Waals surface area contributed by atoms with E-state index in [2.05, 4.69) is 4.98 Å². The number of ether oxygens (including phenoxy) is 1. The molecule has 1 amide bonds. The minimum atomic E-state index is -1.03. The average Bonchev–Trinajstić information content (AvgIpc) is 3.34. The van der Waals surface area contributed by atoms with Crippen molar-refractivity contribution in [2.24, 2.45) is 0 Å². The number of aromatic carboxylic acids is 1. The fraction of sp³-hybridized carbons (Fsp3) is 0.429. The number of nitrogens with zero attached hydrogens (tertiary/aromatic N) is 2. The second kappa shape index (κ2) is 9.18. The molecule has 1 fully saturated rings. The third-order valence-electron chi connectivity index (χ3n) is 5.41. The summed E-state index contributed by atoms with van der Waals surface area (Å²) in [6.45, 7) is 0.965. The minimum absolute atomic E-state index is 0.000811. The second-order valence-electron chi connectivity index (χ2n) is 7.30. The molecule has 1 aliphatic carbocycles. The van der Waals surface area contributed by atoms with E-state index < -0.39 is 5.97 Å². The van der Waals surface area contributed by atoms with E-state index in [1.807, 2.05) is 23.1 Å². The second-order valence-corrected chi connectivity index (χ2v) is 9.50. The molecule has 158 valence electrons. The SMILES string of the molecule is O=C(O)c1csc(SCCN2C(=O)CC[C@@H]2COc2cccc3c2CCCC3=O)n1. The summed E-state index contributed by atoms with van der Waals surface area (Å²) in [4.78, 5) is 41.3. The molecule has 1 aromatic heterocycles. The average molecular weight is 447 g/mol. The van der Waals surface area contributed by atoms with Crippen LogP contribution in [0.1, 0.15) is 52.1 Å². The van der Waals surface area contributed by atoms with E-state index in [1.54, 1.807) is 0 Å². The predicted octanol–water partition coefficient (Wildman–Crippen LogP) is 3.52. The molecule has 1 N–H and O–H groups in total. The van der Waals surface area contributed by atoms with E-state index in [1.165, 1.54) is 28.5 Å². The molecule has 2 heterocycles. The van der Waals surface area contributed by atoms with Crippen LogP contribution in [0.4, 0.5) is 0 Å². The van der Waals surface area contributed by atoms with Crippen LogP contribution in [0.3, 0.4) is 0 Å². The number of thioether (sulfide) groups is 1. The highest BCUT2D eigenvalue weighted by molar-refractivity contribution is 8.01. The van der Waals surface area contributed by atoms with Crippen molar-refractivity contribution < 1.29 is 24.2 Å². The summed E-state index contributed by atoms with van der Waals surface area (Å²) in [6.07, 6.45) is 3.53. The summed E-state index contributed by atoms with van der Waals surface area (Å²) in [6, 6.07) is 5.61. The van der Waals surface area contributed by atoms with Crippen LogP contribution in [0.25, 0.3) is 0 Å². The van der Waals surface area contributed by atoms with E-state index in [-0.39, 0.29) is 23.4 Å². The molecule has 0 unspecified atom stereocenters. The molecule has 9 heteroatoms. The Morgan fingerprint density at radius 1 is 1.30 bits per heavy atom. The topological polar surface area (TPSA) is 96.8 Å². The molecule has 2 aliphatic rings. The van der Waals surface area contributed by atoms with Gasteiger partial charge in [0.1, 0.15) is 12.4 Å². The highest BCUT2D eigenvalue weighted by Crippen LogP contribution is 2.31. The zero-order valence-corrected chi connectivity index (χ0v) is 18.0. The molecule has 0 bridgehead atoms. The minimum Gasteiger partial charge on any atom is -0.491 e. The van der Waals surface area contributed by atoms with Crippen molar-refractivity contribution in [3.8, 4) is 5.75 Å². The summed E-state index contributed by atoms with van der Waals surface area (Å²) >= 11 is 2.75. The van der Waals surface area contributed by atoms with Gasteiger partial charge >= 0.3 is 5.97 Å². The number of amides is 1. The number of hydrogen-bond donors (Lipinski definition) is 1. The molecule has 0 radical (unpaired) electrons. The zero-order valence-electron chi connectivity index (χ0n) is 16.3. The molecule has 1 aliphatic heterocycles. The predicted molar refractivity (Wildman–Crippen MR) is 114 cm³/mol. The normalized spacial score (nSPS) is 18.5. The maximum absolute atomic E-state index is 12.3. The van der Waals surface area contributed by atoms with E-state index in [0.717, 1.165) is 36.1 Å². The summed E-state index contributed by atoms with van der Waals surface area (Å²) in [5.74, 6) is 0.641. The lowest BCUT2D eigenvalue weighted by molar-refractivity contribution is -0.129. The molecule has 2 aromatic rings. The molecule has 7 nitrogen and oxygen atoms in total. The molecule has 4 rings (SSSR count). The smallest absolute Gasteiger partial charge is 0.355 e. The highest BCUT2D eigenvalue weighted by atomic mass is 32.2. The first-order valence-electron chi connectivity index (χ1n) is 9.92. The van der Waals surface area contributed by atoms with Crippen LogP contribution in [-0.4, -0.2) is 57.6 Å². The third kappa shape index (κ3) is 4.52. The molecule has 30 heavy (non-hydrogen) atoms. The maximum Gasteiger partial charge on any atom is 0.355 e. The standard InChI is InChI=1S/C21H22N2O5S2/c24-17-5-1-4-15-14(17)3-2-6-18(15)28-11-13-7-8-19(25)23(13)9-10-29-21-22-16(12-30-21)20(26)27/h2-3,6,12-13H,1,4-5,7-11H2,(H,26,27)/t13-/m1/s1. The van der Waals surface area contributed by atoms with Crippen LogP contribution in [0.5, 0.6) is 5.75 Å². The number of carboxylic acid groups (broad SMARTS) is 1. The van der Waals surface area contributed by atoms with Gasteiger partial charge in [0, 0.05) is 41.6 Å². The first-order valence-corrected chi connectivity index (χ1v) is 11.8. The van der Waals surface area contributed by atoms with E-state index in [4.69, 9.17) is 9.84 Å². The maximum atomic E-state index is 12.3. The summed E-state index contributed by atoms with van der Waals surface area (Å²) in [5.41, 5.74) is 1.80. The number of carbonyl (C=O) groups is 3. The van der Waals surface area contributed by atoms with E-state index in [0.29, 0.717) is 36.1 Å². The van der Waals surface area contributed by atoms with Gasteiger partial charge < -0.3 is 14.7 Å². The zero-order chi connectivity index (χ0) is 21.1. The van der Waals surface area contributed by atoms with Crippen LogP contribution >= 0.6 is 23.1 Å². The van der Waals surface area contributed by atoms with Crippen LogP contribution in [0, 0.1) is 0 Å². The Morgan fingerprint density at radius 3 is 2.97 bits per heavy atom. The van der Waals surface area contributed by atoms with E-state index in [9.17, 15) is 14.4 Å². The molecular formula is C21H22N2O5S2. The fourth-order valence-electron chi connectivity index (χ4n) is 3.89. The lowest BCUT2D eigenvalue weighted by Gasteiger charge is -2.26. The van der Waals surface area contributed by atoms with Gasteiger partial charge in [-0.1, -0.05) is 23.9 Å². The van der Waals surface area contributed by atoms with Crippen molar-refractivity contribution in [1.82, 2.24) is 9.88 Å². The van der Waals surface area contributed by atoms with Gasteiger partial charge in [-0.3, -0.25) is 9.59 Å². The largest absolute Gasteiger partial charge is 0.491 e. The summed E-state index contributed by atoms with van der Waals surface area (Å²) in [5, 5.41) is 10.5. The molecule has 1 atom stereocenters. The Kier molecular flexibility index (Phi) is 6.38. The quantitative estimate of drug-likeness (QED) is 0.620. The van der Waals surface area contributed by atoms with Gasteiger partial charge in [0.05, 0.1) is 6.04 Å². The Balaban J connectivity index is 1.34. The van der Waals surface area contributed by atoms with Gasteiger partial charge in [-0.15, -0.1) is 11.3 Å². The van der Waals surface area contributed by atoms with Crippen molar-refractivity contribution >= 4 is 40.8 Å². The molecule has 0 saturated carbocycles. The highest BCUT2D eigenvalue weighted by Gasteiger charge is 2.31. The Morgan fingerprint density at radius 2 is 2.17 bits per heavy atom. The molecule has 0 spiro atoms. The Labute approximate surface area is 182 Å². The van der Waals surface area contributed by atoms with Gasteiger partial charge in [0.25, 0.3) is 0 Å². The van der Waals surface area contributed by atoms with Crippen molar-refractivity contribution in [2.45, 2.75) is 42.5 Å². The number of carboxylic acids is 1. The summed E-state index contributed by atoms with van der Waals surface area (Å²) in [7, 11) is 0. The van der Waals surface area contributed by atoms with Crippen molar-refractivity contribution in [3.63, 3.8) is 0 Å². The number of fused-ring (bicyclic) bond motifs is 1. The number of carbonyl (C=O) groups excluding carboxylic acids is 2. The number of thiazole rings is 1. The van der Waals surface area contributed by atoms with Gasteiger partial charge in [-0.2, -0.15) is 0 Å². The number of rotatable bonds is 8. The first-order chi connectivity index (χ1) is 14.5.